The highest BCUT2D eigenvalue weighted by atomic mass is 79.9. The second-order valence-corrected chi connectivity index (χ2v) is 5.41. The van der Waals surface area contributed by atoms with Crippen molar-refractivity contribution in [1.82, 2.24) is 0 Å². The van der Waals surface area contributed by atoms with Crippen LogP contribution < -0.4 is 5.73 Å². The first kappa shape index (κ1) is 13.0. The van der Waals surface area contributed by atoms with Crippen molar-refractivity contribution in [2.45, 2.75) is 37.8 Å². The van der Waals surface area contributed by atoms with E-state index in [-0.39, 0.29) is 18.0 Å². The first-order valence-electron chi connectivity index (χ1n) is 5.99. The van der Waals surface area contributed by atoms with E-state index < -0.39 is 0 Å². The highest BCUT2D eigenvalue weighted by Crippen LogP contribution is 2.26. The fraction of sp³-hybridized carbons (Fsp3) is 0.538. The normalized spacial score (nSPS) is 22.4. The number of hydrogen-bond acceptors (Lipinski definition) is 2. The summed E-state index contributed by atoms with van der Waals surface area (Å²) in [5, 5.41) is 0. The molecule has 2 rings (SSSR count). The highest BCUT2D eigenvalue weighted by Gasteiger charge is 2.20. The monoisotopic (exact) mass is 301 g/mol. The Bertz CT molecular complexity index is 380. The van der Waals surface area contributed by atoms with Crippen LogP contribution in [0.5, 0.6) is 0 Å². The van der Waals surface area contributed by atoms with Crippen LogP contribution in [-0.4, -0.2) is 12.7 Å². The van der Waals surface area contributed by atoms with Gasteiger partial charge in [-0.1, -0.05) is 15.9 Å². The molecule has 1 fully saturated rings. The molecule has 0 spiro atoms. The summed E-state index contributed by atoms with van der Waals surface area (Å²) in [6.07, 6.45) is 4.20. The predicted octanol–water partition coefficient (Wildman–Crippen LogP) is 3.55. The lowest BCUT2D eigenvalue weighted by molar-refractivity contribution is 0.00713. The summed E-state index contributed by atoms with van der Waals surface area (Å²) in [6.45, 7) is 0.804. The zero-order chi connectivity index (χ0) is 12.3. The van der Waals surface area contributed by atoms with Crippen molar-refractivity contribution in [2.75, 3.05) is 6.61 Å². The van der Waals surface area contributed by atoms with E-state index >= 15 is 0 Å². The lowest BCUT2D eigenvalue weighted by atomic mass is 9.97. The Morgan fingerprint density at radius 3 is 3.00 bits per heavy atom. The van der Waals surface area contributed by atoms with Crippen molar-refractivity contribution in [1.29, 1.82) is 0 Å². The summed E-state index contributed by atoms with van der Waals surface area (Å²) in [4.78, 5) is 0. The molecular weight excluding hydrogens is 285 g/mol. The molecule has 1 aromatic carbocycles. The van der Waals surface area contributed by atoms with E-state index in [4.69, 9.17) is 10.5 Å². The molecule has 1 saturated heterocycles. The van der Waals surface area contributed by atoms with E-state index in [0.717, 1.165) is 23.9 Å². The molecule has 1 aromatic rings. The first-order valence-corrected chi connectivity index (χ1v) is 6.78. The number of hydrogen-bond donors (Lipinski definition) is 1. The van der Waals surface area contributed by atoms with Crippen molar-refractivity contribution in [3.05, 3.63) is 34.1 Å². The predicted molar refractivity (Wildman–Crippen MR) is 69.2 cm³/mol. The van der Waals surface area contributed by atoms with Gasteiger partial charge < -0.3 is 10.5 Å². The van der Waals surface area contributed by atoms with Crippen LogP contribution >= 0.6 is 15.9 Å². The van der Waals surface area contributed by atoms with Gasteiger partial charge in [0.2, 0.25) is 0 Å². The summed E-state index contributed by atoms with van der Waals surface area (Å²) in [5.41, 5.74) is 6.62. The summed E-state index contributed by atoms with van der Waals surface area (Å²) in [7, 11) is 0. The van der Waals surface area contributed by atoms with Gasteiger partial charge in [-0.25, -0.2) is 4.39 Å². The zero-order valence-electron chi connectivity index (χ0n) is 9.66. The van der Waals surface area contributed by atoms with Gasteiger partial charge in [0, 0.05) is 22.7 Å². The summed E-state index contributed by atoms with van der Waals surface area (Å²) in [5.74, 6) is -0.239. The molecule has 0 aliphatic carbocycles. The quantitative estimate of drug-likeness (QED) is 0.927. The molecule has 94 valence electrons. The molecule has 1 aliphatic rings. The van der Waals surface area contributed by atoms with Crippen molar-refractivity contribution in [3.8, 4) is 0 Å². The molecule has 2 nitrogen and oxygen atoms in total. The standard InChI is InChI=1S/C13H17BrFNO/c14-9-4-5-12(15)11(7-9)13(16)8-10-3-1-2-6-17-10/h4-5,7,10,13H,1-3,6,8,16H2. The van der Waals surface area contributed by atoms with E-state index in [1.807, 2.05) is 0 Å². The summed E-state index contributed by atoms with van der Waals surface area (Å²) in [6, 6.07) is 4.59. The van der Waals surface area contributed by atoms with Crippen molar-refractivity contribution < 1.29 is 9.13 Å². The average molecular weight is 302 g/mol. The van der Waals surface area contributed by atoms with Crippen molar-refractivity contribution in [3.63, 3.8) is 0 Å². The molecule has 0 saturated carbocycles. The van der Waals surface area contributed by atoms with Crippen LogP contribution in [0.1, 0.15) is 37.3 Å². The Hall–Kier alpha value is -0.450. The van der Waals surface area contributed by atoms with Crippen LogP contribution in [0.15, 0.2) is 22.7 Å². The molecular formula is C13H17BrFNO. The SMILES string of the molecule is NC(CC1CCCCO1)c1cc(Br)ccc1F. The Morgan fingerprint density at radius 1 is 1.47 bits per heavy atom. The van der Waals surface area contributed by atoms with Crippen LogP contribution in [0, 0.1) is 5.82 Å². The van der Waals surface area contributed by atoms with E-state index in [2.05, 4.69) is 15.9 Å². The molecule has 1 aliphatic heterocycles. The number of nitrogens with two attached hydrogens (primary N) is 1. The number of rotatable bonds is 3. The topological polar surface area (TPSA) is 35.2 Å². The van der Waals surface area contributed by atoms with Crippen molar-refractivity contribution >= 4 is 15.9 Å². The van der Waals surface area contributed by atoms with Gasteiger partial charge in [0.1, 0.15) is 5.82 Å². The lowest BCUT2D eigenvalue weighted by Crippen LogP contribution is -2.25. The van der Waals surface area contributed by atoms with Crippen LogP contribution in [0.3, 0.4) is 0 Å². The lowest BCUT2D eigenvalue weighted by Gasteiger charge is -2.25. The fourth-order valence-corrected chi connectivity index (χ4v) is 2.58. The van der Waals surface area contributed by atoms with E-state index in [1.165, 1.54) is 12.5 Å². The molecule has 0 bridgehead atoms. The Kier molecular flexibility index (Phi) is 4.54. The maximum absolute atomic E-state index is 13.6. The zero-order valence-corrected chi connectivity index (χ0v) is 11.2. The third-order valence-electron chi connectivity index (χ3n) is 3.15. The molecule has 1 heterocycles. The van der Waals surface area contributed by atoms with Gasteiger partial charge in [0.05, 0.1) is 6.10 Å². The molecule has 17 heavy (non-hydrogen) atoms. The van der Waals surface area contributed by atoms with Gasteiger partial charge in [-0.15, -0.1) is 0 Å². The summed E-state index contributed by atoms with van der Waals surface area (Å²) >= 11 is 3.34. The second-order valence-electron chi connectivity index (χ2n) is 4.50. The first-order chi connectivity index (χ1) is 8.16. The molecule has 0 aromatic heterocycles. The van der Waals surface area contributed by atoms with Gasteiger partial charge in [-0.3, -0.25) is 0 Å². The Balaban J connectivity index is 2.02. The van der Waals surface area contributed by atoms with Crippen LogP contribution in [0.4, 0.5) is 4.39 Å². The fourth-order valence-electron chi connectivity index (χ4n) is 2.20. The van der Waals surface area contributed by atoms with Gasteiger partial charge in [-0.05, 0) is 43.9 Å². The molecule has 2 atom stereocenters. The smallest absolute Gasteiger partial charge is 0.128 e. The van der Waals surface area contributed by atoms with E-state index in [9.17, 15) is 4.39 Å². The Morgan fingerprint density at radius 2 is 2.29 bits per heavy atom. The Labute approximate surface area is 109 Å². The number of benzene rings is 1. The minimum absolute atomic E-state index is 0.178. The second kappa shape index (κ2) is 5.94. The van der Waals surface area contributed by atoms with E-state index in [0.29, 0.717) is 12.0 Å². The van der Waals surface area contributed by atoms with Gasteiger partial charge >= 0.3 is 0 Å². The summed E-state index contributed by atoms with van der Waals surface area (Å²) < 4.78 is 20.1. The third-order valence-corrected chi connectivity index (χ3v) is 3.64. The minimum Gasteiger partial charge on any atom is -0.378 e. The van der Waals surface area contributed by atoms with Crippen LogP contribution in [-0.2, 0) is 4.74 Å². The maximum atomic E-state index is 13.6. The van der Waals surface area contributed by atoms with Crippen LogP contribution in [0.25, 0.3) is 0 Å². The molecule has 2 unspecified atom stereocenters. The largest absolute Gasteiger partial charge is 0.378 e. The average Bonchev–Trinajstić information content (AvgIpc) is 2.33. The van der Waals surface area contributed by atoms with Gasteiger partial charge in [0.25, 0.3) is 0 Å². The molecule has 0 amide bonds. The third kappa shape index (κ3) is 3.50. The van der Waals surface area contributed by atoms with Crippen LogP contribution in [0.2, 0.25) is 0 Å². The number of ether oxygens (including phenoxy) is 1. The molecule has 4 heteroatoms. The maximum Gasteiger partial charge on any atom is 0.128 e. The minimum atomic E-state index is -0.296. The van der Waals surface area contributed by atoms with Gasteiger partial charge in [0.15, 0.2) is 0 Å². The van der Waals surface area contributed by atoms with Crippen molar-refractivity contribution in [2.24, 2.45) is 5.73 Å². The molecule has 2 N–H and O–H groups in total. The van der Waals surface area contributed by atoms with E-state index in [1.54, 1.807) is 12.1 Å². The molecule has 0 radical (unpaired) electrons. The highest BCUT2D eigenvalue weighted by molar-refractivity contribution is 9.10. The number of halogens is 2. The van der Waals surface area contributed by atoms with Gasteiger partial charge in [-0.2, -0.15) is 0 Å².